The van der Waals surface area contributed by atoms with E-state index in [1.807, 2.05) is 6.92 Å². The minimum atomic E-state index is -0.529. The van der Waals surface area contributed by atoms with Crippen LogP contribution in [-0.4, -0.2) is 27.4 Å². The summed E-state index contributed by atoms with van der Waals surface area (Å²) in [5.74, 6) is 0.0800. The SMILES string of the molecule is Cc1nc(Cl)nc(NC(C)BS)c1[N+](=O)[O-]. The fourth-order valence-corrected chi connectivity index (χ4v) is 1.43. The number of nitro groups is 1. The first-order chi connectivity index (χ1) is 7.45. The summed E-state index contributed by atoms with van der Waals surface area (Å²) in [6.07, 6.45) is 0. The molecule has 86 valence electrons. The van der Waals surface area contributed by atoms with E-state index in [1.165, 1.54) is 6.92 Å². The van der Waals surface area contributed by atoms with E-state index in [4.69, 9.17) is 11.6 Å². The summed E-state index contributed by atoms with van der Waals surface area (Å²) in [4.78, 5) is 17.9. The van der Waals surface area contributed by atoms with Crippen LogP contribution in [0, 0.1) is 17.0 Å². The zero-order chi connectivity index (χ0) is 12.3. The molecule has 16 heavy (non-hydrogen) atoms. The molecule has 9 heteroatoms. The van der Waals surface area contributed by atoms with Crippen LogP contribution in [0.5, 0.6) is 0 Å². The first kappa shape index (κ1) is 13.1. The highest BCUT2D eigenvalue weighted by Gasteiger charge is 2.22. The van der Waals surface area contributed by atoms with E-state index in [9.17, 15) is 10.1 Å². The third kappa shape index (κ3) is 2.99. The van der Waals surface area contributed by atoms with E-state index in [2.05, 4.69) is 27.8 Å². The Morgan fingerprint density at radius 1 is 1.62 bits per heavy atom. The fraction of sp³-hybridized carbons (Fsp3) is 0.429. The highest BCUT2D eigenvalue weighted by Crippen LogP contribution is 2.26. The summed E-state index contributed by atoms with van der Waals surface area (Å²) in [5, 5.41) is 13.7. The summed E-state index contributed by atoms with van der Waals surface area (Å²) < 4.78 is 0. The van der Waals surface area contributed by atoms with Crippen molar-refractivity contribution in [3.8, 4) is 0 Å². The van der Waals surface area contributed by atoms with E-state index in [-0.39, 0.29) is 28.4 Å². The Labute approximate surface area is 104 Å². The molecular weight excluding hydrogens is 250 g/mol. The molecule has 0 aromatic carbocycles. The molecule has 1 heterocycles. The van der Waals surface area contributed by atoms with Gasteiger partial charge in [-0.25, -0.2) is 17.5 Å². The maximum atomic E-state index is 10.8. The van der Waals surface area contributed by atoms with Crippen LogP contribution in [0.1, 0.15) is 12.6 Å². The van der Waals surface area contributed by atoms with Gasteiger partial charge in [0.15, 0.2) is 0 Å². The van der Waals surface area contributed by atoms with Gasteiger partial charge in [0.25, 0.3) is 0 Å². The second-order valence-corrected chi connectivity index (χ2v) is 3.96. The third-order valence-electron chi connectivity index (χ3n) is 1.87. The van der Waals surface area contributed by atoms with Crippen LogP contribution in [-0.2, 0) is 0 Å². The standard InChI is InChI=1S/C7H10BClN4O2S/c1-3-5(13(14)15)6(11-4(2)8-16)12-7(9)10-3/h4,8,16H,1-2H3,(H,10,11,12). The number of nitrogens with zero attached hydrogens (tertiary/aromatic N) is 3. The molecule has 0 amide bonds. The Hall–Kier alpha value is -1.02. The van der Waals surface area contributed by atoms with Crippen molar-refractivity contribution in [1.82, 2.24) is 9.97 Å². The second-order valence-electron chi connectivity index (χ2n) is 3.26. The minimum absolute atomic E-state index is 0.0167. The summed E-state index contributed by atoms with van der Waals surface area (Å²) in [7, 11) is 0. The zero-order valence-corrected chi connectivity index (χ0v) is 10.4. The van der Waals surface area contributed by atoms with Gasteiger partial charge in [0, 0.05) is 5.94 Å². The molecule has 1 atom stereocenters. The van der Waals surface area contributed by atoms with Crippen molar-refractivity contribution < 1.29 is 4.92 Å². The van der Waals surface area contributed by atoms with Crippen molar-refractivity contribution in [3.05, 3.63) is 21.1 Å². The Balaban J connectivity index is 3.19. The van der Waals surface area contributed by atoms with Gasteiger partial charge < -0.3 is 5.32 Å². The molecule has 0 saturated carbocycles. The van der Waals surface area contributed by atoms with Crippen LogP contribution in [0.25, 0.3) is 0 Å². The average molecular weight is 261 g/mol. The molecule has 0 saturated heterocycles. The molecule has 1 aromatic rings. The van der Waals surface area contributed by atoms with E-state index in [0.717, 1.165) is 0 Å². The fourth-order valence-electron chi connectivity index (χ4n) is 1.13. The predicted octanol–water partition coefficient (Wildman–Crippen LogP) is 1.39. The molecule has 0 aliphatic heterocycles. The Morgan fingerprint density at radius 3 is 2.75 bits per heavy atom. The number of thiol groups is 1. The summed E-state index contributed by atoms with van der Waals surface area (Å²) >= 11 is 9.72. The molecular formula is C7H10BClN4O2S. The second kappa shape index (κ2) is 5.35. The van der Waals surface area contributed by atoms with Gasteiger partial charge in [-0.3, -0.25) is 10.1 Å². The monoisotopic (exact) mass is 260 g/mol. The van der Waals surface area contributed by atoms with Crippen LogP contribution in [0.2, 0.25) is 5.28 Å². The molecule has 0 radical (unpaired) electrons. The summed E-state index contributed by atoms with van der Waals surface area (Å²) in [6.45, 7) is 3.88. The predicted molar refractivity (Wildman–Crippen MR) is 67.7 cm³/mol. The van der Waals surface area contributed by atoms with Crippen molar-refractivity contribution >= 4 is 42.1 Å². The van der Waals surface area contributed by atoms with Crippen molar-refractivity contribution in [1.29, 1.82) is 0 Å². The molecule has 0 aliphatic rings. The summed E-state index contributed by atoms with van der Waals surface area (Å²) in [5.41, 5.74) is 0.0805. The van der Waals surface area contributed by atoms with Crippen LogP contribution in [0.4, 0.5) is 11.5 Å². The number of hydrogen-bond donors (Lipinski definition) is 2. The maximum Gasteiger partial charge on any atom is 0.332 e. The Bertz CT molecular complexity index is 420. The number of aromatic nitrogens is 2. The van der Waals surface area contributed by atoms with Crippen LogP contribution >= 0.6 is 24.1 Å². The topological polar surface area (TPSA) is 81.0 Å². The minimum Gasteiger partial charge on any atom is -0.368 e. The van der Waals surface area contributed by atoms with Gasteiger partial charge in [-0.05, 0) is 18.5 Å². The van der Waals surface area contributed by atoms with Crippen molar-refractivity contribution in [2.24, 2.45) is 0 Å². The lowest BCUT2D eigenvalue weighted by Gasteiger charge is -2.11. The highest BCUT2D eigenvalue weighted by molar-refractivity contribution is 8.07. The van der Waals surface area contributed by atoms with Gasteiger partial charge >= 0.3 is 5.69 Å². The van der Waals surface area contributed by atoms with Crippen molar-refractivity contribution in [2.75, 3.05) is 5.32 Å². The summed E-state index contributed by atoms with van der Waals surface area (Å²) in [6, 6.07) is 0. The number of halogens is 1. The lowest BCUT2D eigenvalue weighted by Crippen LogP contribution is -2.21. The van der Waals surface area contributed by atoms with Gasteiger partial charge in [-0.1, -0.05) is 6.92 Å². The first-order valence-corrected chi connectivity index (χ1v) is 5.52. The number of hydrogen-bond acceptors (Lipinski definition) is 6. The number of nitrogens with one attached hydrogen (secondary N) is 1. The number of anilines is 1. The van der Waals surface area contributed by atoms with Gasteiger partial charge in [-0.15, -0.1) is 0 Å². The van der Waals surface area contributed by atoms with Crippen molar-refractivity contribution in [2.45, 2.75) is 19.8 Å². The molecule has 0 bridgehead atoms. The van der Waals surface area contributed by atoms with E-state index in [0.29, 0.717) is 6.56 Å². The molecule has 6 nitrogen and oxygen atoms in total. The zero-order valence-electron chi connectivity index (χ0n) is 8.77. The maximum absolute atomic E-state index is 10.8. The lowest BCUT2D eigenvalue weighted by atomic mass is 9.97. The Kier molecular flexibility index (Phi) is 4.37. The normalized spacial score (nSPS) is 12.0. The number of rotatable bonds is 4. The molecule has 0 spiro atoms. The molecule has 0 fully saturated rings. The van der Waals surface area contributed by atoms with Crippen LogP contribution < -0.4 is 5.32 Å². The van der Waals surface area contributed by atoms with E-state index >= 15 is 0 Å². The van der Waals surface area contributed by atoms with Crippen LogP contribution in [0.15, 0.2) is 0 Å². The first-order valence-electron chi connectivity index (χ1n) is 4.51. The molecule has 0 aliphatic carbocycles. The van der Waals surface area contributed by atoms with Gasteiger partial charge in [-0.2, -0.15) is 4.98 Å². The molecule has 1 rings (SSSR count). The van der Waals surface area contributed by atoms with Crippen molar-refractivity contribution in [3.63, 3.8) is 0 Å². The van der Waals surface area contributed by atoms with Gasteiger partial charge in [0.2, 0.25) is 17.7 Å². The molecule has 1 N–H and O–H groups in total. The smallest absolute Gasteiger partial charge is 0.332 e. The average Bonchev–Trinajstić information content (AvgIpc) is 2.15. The highest BCUT2D eigenvalue weighted by atomic mass is 35.5. The van der Waals surface area contributed by atoms with E-state index < -0.39 is 4.92 Å². The number of aryl methyl sites for hydroxylation is 1. The largest absolute Gasteiger partial charge is 0.368 e. The molecule has 1 aromatic heterocycles. The van der Waals surface area contributed by atoms with Gasteiger partial charge in [0.1, 0.15) is 5.69 Å². The van der Waals surface area contributed by atoms with Crippen LogP contribution in [0.3, 0.4) is 0 Å². The van der Waals surface area contributed by atoms with E-state index in [1.54, 1.807) is 0 Å². The Morgan fingerprint density at radius 2 is 2.25 bits per heavy atom. The van der Waals surface area contributed by atoms with Gasteiger partial charge in [0.05, 0.1) is 4.92 Å². The molecule has 1 unspecified atom stereocenters. The lowest BCUT2D eigenvalue weighted by molar-refractivity contribution is -0.385. The third-order valence-corrected chi connectivity index (χ3v) is 2.59. The quantitative estimate of drug-likeness (QED) is 0.281.